The van der Waals surface area contributed by atoms with Crippen molar-refractivity contribution in [3.63, 3.8) is 0 Å². The SMILES string of the molecule is Cc1noc(C)c1CSc1ccccc1C(=O)NCC(c1cccs1)c1c[nH]c2ccccc12. The summed E-state index contributed by atoms with van der Waals surface area (Å²) < 4.78 is 5.28. The Bertz CT molecular complexity index is 1400. The number of fused-ring (bicyclic) bond motifs is 1. The van der Waals surface area contributed by atoms with Crippen LogP contribution in [-0.2, 0) is 5.75 Å². The van der Waals surface area contributed by atoms with Crippen molar-refractivity contribution < 1.29 is 9.32 Å². The van der Waals surface area contributed by atoms with Crippen LogP contribution in [0.15, 0.2) is 81.7 Å². The number of carbonyl (C=O) groups is 1. The molecule has 7 heteroatoms. The average molecular weight is 488 g/mol. The van der Waals surface area contributed by atoms with Gasteiger partial charge in [0.2, 0.25) is 0 Å². The van der Waals surface area contributed by atoms with Crippen LogP contribution in [0.2, 0.25) is 0 Å². The molecular weight excluding hydrogens is 462 g/mol. The van der Waals surface area contributed by atoms with Gasteiger partial charge < -0.3 is 14.8 Å². The number of nitrogens with one attached hydrogen (secondary N) is 2. The lowest BCUT2D eigenvalue weighted by atomic mass is 9.96. The van der Waals surface area contributed by atoms with Crippen molar-refractivity contribution in [3.05, 3.63) is 105 Å². The molecule has 2 aromatic carbocycles. The van der Waals surface area contributed by atoms with Gasteiger partial charge in [-0.05, 0) is 49.1 Å². The standard InChI is InChI=1S/C27H25N3O2S2/c1-17-23(18(2)32-30-17)16-34-25-11-6-4-9-20(25)27(31)29-15-22(26-12-7-13-33-26)21-14-28-24-10-5-3-8-19(21)24/h3-14,22,28H,15-16H2,1-2H3,(H,29,31). The summed E-state index contributed by atoms with van der Waals surface area (Å²) >= 11 is 3.34. The summed E-state index contributed by atoms with van der Waals surface area (Å²) in [6.45, 7) is 4.38. The molecule has 172 valence electrons. The quantitative estimate of drug-likeness (QED) is 0.239. The number of carbonyl (C=O) groups excluding carboxylic acids is 1. The van der Waals surface area contributed by atoms with Gasteiger partial charge in [-0.3, -0.25) is 4.79 Å². The molecule has 0 radical (unpaired) electrons. The fourth-order valence-corrected chi connectivity index (χ4v) is 6.21. The Balaban J connectivity index is 1.35. The monoisotopic (exact) mass is 487 g/mol. The van der Waals surface area contributed by atoms with Gasteiger partial charge >= 0.3 is 0 Å². The van der Waals surface area contributed by atoms with Crippen molar-refractivity contribution in [2.45, 2.75) is 30.4 Å². The minimum Gasteiger partial charge on any atom is -0.361 e. The number of amides is 1. The number of thioether (sulfide) groups is 1. The lowest BCUT2D eigenvalue weighted by Gasteiger charge is -2.17. The number of hydrogen-bond donors (Lipinski definition) is 2. The number of benzene rings is 2. The van der Waals surface area contributed by atoms with Gasteiger partial charge in [-0.15, -0.1) is 23.1 Å². The van der Waals surface area contributed by atoms with E-state index in [1.165, 1.54) is 15.8 Å². The molecule has 5 nitrogen and oxygen atoms in total. The lowest BCUT2D eigenvalue weighted by molar-refractivity contribution is 0.0949. The van der Waals surface area contributed by atoms with Crippen molar-refractivity contribution in [1.29, 1.82) is 0 Å². The zero-order chi connectivity index (χ0) is 23.5. The van der Waals surface area contributed by atoms with E-state index < -0.39 is 0 Å². The maximum absolute atomic E-state index is 13.3. The van der Waals surface area contributed by atoms with Gasteiger partial charge in [0.1, 0.15) is 5.76 Å². The molecule has 0 spiro atoms. The molecule has 1 atom stereocenters. The number of para-hydroxylation sites is 1. The van der Waals surface area contributed by atoms with Crippen LogP contribution in [0, 0.1) is 13.8 Å². The van der Waals surface area contributed by atoms with Crippen molar-refractivity contribution in [2.75, 3.05) is 6.54 Å². The molecule has 3 aromatic heterocycles. The average Bonchev–Trinajstić information content (AvgIpc) is 3.60. The minimum atomic E-state index is -0.0664. The third-order valence-corrected chi connectivity index (χ3v) is 8.12. The molecule has 0 bridgehead atoms. The first-order valence-corrected chi connectivity index (χ1v) is 13.0. The largest absolute Gasteiger partial charge is 0.361 e. The van der Waals surface area contributed by atoms with E-state index in [-0.39, 0.29) is 11.8 Å². The first kappa shape index (κ1) is 22.5. The third-order valence-electron chi connectivity index (χ3n) is 6.03. The number of hydrogen-bond acceptors (Lipinski definition) is 5. The molecule has 0 saturated heterocycles. The summed E-state index contributed by atoms with van der Waals surface area (Å²) in [5.74, 6) is 1.54. The highest BCUT2D eigenvalue weighted by Gasteiger charge is 2.21. The number of thiophene rings is 1. The second-order valence-electron chi connectivity index (χ2n) is 8.16. The molecule has 1 amide bonds. The number of rotatable bonds is 8. The highest BCUT2D eigenvalue weighted by molar-refractivity contribution is 7.98. The number of aromatic amines is 1. The summed E-state index contributed by atoms with van der Waals surface area (Å²) in [7, 11) is 0. The predicted molar refractivity (Wildman–Crippen MR) is 139 cm³/mol. The van der Waals surface area contributed by atoms with Crippen molar-refractivity contribution >= 4 is 39.9 Å². The fraction of sp³-hybridized carbons (Fsp3) is 0.185. The van der Waals surface area contributed by atoms with E-state index in [0.29, 0.717) is 17.9 Å². The Morgan fingerprint density at radius 1 is 1.12 bits per heavy atom. The van der Waals surface area contributed by atoms with Crippen LogP contribution >= 0.6 is 23.1 Å². The van der Waals surface area contributed by atoms with Gasteiger partial charge in [-0.25, -0.2) is 0 Å². The van der Waals surface area contributed by atoms with Crippen molar-refractivity contribution in [3.8, 4) is 0 Å². The van der Waals surface area contributed by atoms with Gasteiger partial charge in [0, 0.05) is 50.7 Å². The molecule has 0 aliphatic heterocycles. The second kappa shape index (κ2) is 9.91. The van der Waals surface area contributed by atoms with Gasteiger partial charge in [-0.1, -0.05) is 41.6 Å². The van der Waals surface area contributed by atoms with Crippen molar-refractivity contribution in [1.82, 2.24) is 15.5 Å². The van der Waals surface area contributed by atoms with Gasteiger partial charge in [0.05, 0.1) is 11.3 Å². The van der Waals surface area contributed by atoms with E-state index in [2.05, 4.69) is 57.4 Å². The molecule has 0 aliphatic carbocycles. The second-order valence-corrected chi connectivity index (χ2v) is 10.2. The van der Waals surface area contributed by atoms with Crippen molar-refractivity contribution in [2.24, 2.45) is 0 Å². The first-order chi connectivity index (χ1) is 16.6. The zero-order valence-electron chi connectivity index (χ0n) is 19.0. The minimum absolute atomic E-state index is 0.0664. The van der Waals surface area contributed by atoms with Crippen LogP contribution in [0.3, 0.4) is 0 Å². The summed E-state index contributed by atoms with van der Waals surface area (Å²) in [6, 6.07) is 20.2. The van der Waals surface area contributed by atoms with E-state index in [1.54, 1.807) is 23.1 Å². The summed E-state index contributed by atoms with van der Waals surface area (Å²) in [6.07, 6.45) is 2.06. The molecule has 0 aliphatic rings. The van der Waals surface area contributed by atoms with E-state index >= 15 is 0 Å². The molecular formula is C27H25N3O2S2. The van der Waals surface area contributed by atoms with Crippen LogP contribution in [0.5, 0.6) is 0 Å². The number of nitrogens with zero attached hydrogens (tertiary/aromatic N) is 1. The molecule has 1 unspecified atom stereocenters. The maximum Gasteiger partial charge on any atom is 0.252 e. The van der Waals surface area contributed by atoms with Crippen LogP contribution in [0.25, 0.3) is 10.9 Å². The summed E-state index contributed by atoms with van der Waals surface area (Å²) in [5, 5.41) is 10.5. The Morgan fingerprint density at radius 2 is 1.94 bits per heavy atom. The van der Waals surface area contributed by atoms with E-state index in [0.717, 1.165) is 27.4 Å². The third kappa shape index (κ3) is 4.54. The summed E-state index contributed by atoms with van der Waals surface area (Å²) in [4.78, 5) is 18.9. The van der Waals surface area contributed by atoms with Gasteiger partial charge in [0.15, 0.2) is 0 Å². The molecule has 0 saturated carbocycles. The summed E-state index contributed by atoms with van der Waals surface area (Å²) in [5.41, 5.74) is 4.95. The molecule has 2 N–H and O–H groups in total. The fourth-order valence-electron chi connectivity index (χ4n) is 4.16. The Morgan fingerprint density at radius 3 is 2.74 bits per heavy atom. The smallest absolute Gasteiger partial charge is 0.252 e. The Hall–Kier alpha value is -3.29. The molecule has 5 aromatic rings. The topological polar surface area (TPSA) is 70.9 Å². The predicted octanol–water partition coefficient (Wildman–Crippen LogP) is 6.69. The molecule has 34 heavy (non-hydrogen) atoms. The van der Waals surface area contributed by atoms with Gasteiger partial charge in [-0.2, -0.15) is 0 Å². The van der Waals surface area contributed by atoms with E-state index in [9.17, 15) is 4.79 Å². The van der Waals surface area contributed by atoms with Crippen LogP contribution < -0.4 is 5.32 Å². The number of H-pyrrole nitrogens is 1. The lowest BCUT2D eigenvalue weighted by Crippen LogP contribution is -2.29. The Kier molecular flexibility index (Phi) is 6.56. The number of aromatic nitrogens is 2. The molecule has 0 fully saturated rings. The first-order valence-electron chi connectivity index (χ1n) is 11.1. The van der Waals surface area contributed by atoms with E-state index in [1.807, 2.05) is 44.2 Å². The van der Waals surface area contributed by atoms with Gasteiger partial charge in [0.25, 0.3) is 5.91 Å². The van der Waals surface area contributed by atoms with Crippen LogP contribution in [-0.4, -0.2) is 22.6 Å². The maximum atomic E-state index is 13.3. The molecule has 5 rings (SSSR count). The van der Waals surface area contributed by atoms with E-state index in [4.69, 9.17) is 4.52 Å². The van der Waals surface area contributed by atoms with Crippen LogP contribution in [0.4, 0.5) is 0 Å². The normalized spacial score (nSPS) is 12.2. The highest BCUT2D eigenvalue weighted by atomic mass is 32.2. The Labute approximate surface area is 206 Å². The molecule has 3 heterocycles. The zero-order valence-corrected chi connectivity index (χ0v) is 20.6. The highest BCUT2D eigenvalue weighted by Crippen LogP contribution is 2.33. The van der Waals surface area contributed by atoms with Crippen LogP contribution in [0.1, 0.15) is 43.7 Å². The number of aryl methyl sites for hydroxylation is 2.